The number of benzene rings is 2. The second kappa shape index (κ2) is 11.2. The maximum absolute atomic E-state index is 14.0. The third kappa shape index (κ3) is 5.38. The van der Waals surface area contributed by atoms with E-state index in [4.69, 9.17) is 12.2 Å². The Morgan fingerprint density at radius 1 is 1.02 bits per heavy atom. The second-order valence-corrected chi connectivity index (χ2v) is 11.2. The van der Waals surface area contributed by atoms with Gasteiger partial charge in [-0.2, -0.15) is 13.2 Å². The highest BCUT2D eigenvalue weighted by Crippen LogP contribution is 2.45. The van der Waals surface area contributed by atoms with Crippen LogP contribution in [0.25, 0.3) is 5.69 Å². The van der Waals surface area contributed by atoms with Crippen LogP contribution in [0.3, 0.4) is 0 Å². The number of para-hydroxylation sites is 1. The van der Waals surface area contributed by atoms with Gasteiger partial charge >= 0.3 is 6.18 Å². The minimum absolute atomic E-state index is 0.0711. The smallest absolute Gasteiger partial charge is 0.351 e. The lowest BCUT2D eigenvalue weighted by atomic mass is 9.96. The van der Waals surface area contributed by atoms with Gasteiger partial charge < -0.3 is 20.1 Å². The molecule has 0 spiro atoms. The summed E-state index contributed by atoms with van der Waals surface area (Å²) < 4.78 is 43.8. The van der Waals surface area contributed by atoms with Crippen LogP contribution in [0.1, 0.15) is 59.7 Å². The van der Waals surface area contributed by atoms with Crippen molar-refractivity contribution in [3.63, 3.8) is 0 Å². The number of rotatable bonds is 6. The number of nitrogens with zero attached hydrogens (tertiary/aromatic N) is 3. The first kappa shape index (κ1) is 29.3. The number of pyridine rings is 1. The number of aryl methyl sites for hydroxylation is 2. The van der Waals surface area contributed by atoms with Gasteiger partial charge in [-0.15, -0.1) is 0 Å². The number of aromatic nitrogens is 2. The average molecular weight is 592 g/mol. The fraction of sp³-hybridized carbons (Fsp3) is 0.281. The normalized spacial score (nSPS) is 17.1. The van der Waals surface area contributed by atoms with E-state index in [1.54, 1.807) is 23.8 Å². The summed E-state index contributed by atoms with van der Waals surface area (Å²) in [5.74, 6) is -0.246. The van der Waals surface area contributed by atoms with Gasteiger partial charge in [-0.05, 0) is 92.6 Å². The van der Waals surface area contributed by atoms with Crippen LogP contribution < -0.4 is 15.5 Å². The Labute approximate surface area is 248 Å². The monoisotopic (exact) mass is 591 g/mol. The third-order valence-corrected chi connectivity index (χ3v) is 7.92. The molecule has 2 aromatic heterocycles. The van der Waals surface area contributed by atoms with Crippen LogP contribution in [0.2, 0.25) is 0 Å². The first-order chi connectivity index (χ1) is 19.9. The molecule has 0 aliphatic carbocycles. The highest BCUT2D eigenvalue weighted by atomic mass is 32.1. The summed E-state index contributed by atoms with van der Waals surface area (Å²) in [6.07, 6.45) is -2.80. The van der Waals surface area contributed by atoms with Crippen LogP contribution in [-0.4, -0.2) is 20.6 Å². The molecule has 0 unspecified atom stereocenters. The maximum atomic E-state index is 14.0. The summed E-state index contributed by atoms with van der Waals surface area (Å²) in [6.45, 7) is 9.22. The molecule has 42 heavy (non-hydrogen) atoms. The zero-order valence-corrected chi connectivity index (χ0v) is 24.8. The molecular weight excluding hydrogens is 559 g/mol. The van der Waals surface area contributed by atoms with E-state index in [0.29, 0.717) is 22.2 Å². The van der Waals surface area contributed by atoms with E-state index in [9.17, 15) is 18.0 Å². The molecule has 1 amide bonds. The Hall–Kier alpha value is -4.18. The first-order valence-corrected chi connectivity index (χ1v) is 14.1. The summed E-state index contributed by atoms with van der Waals surface area (Å²) in [5, 5.41) is 6.84. The number of carbonyl (C=O) groups excluding carboxylic acids is 1. The molecule has 10 heteroatoms. The molecule has 0 bridgehead atoms. The van der Waals surface area contributed by atoms with Crippen LogP contribution in [0.5, 0.6) is 0 Å². The predicted molar refractivity (Wildman–Crippen MR) is 163 cm³/mol. The van der Waals surface area contributed by atoms with Crippen LogP contribution >= 0.6 is 12.2 Å². The summed E-state index contributed by atoms with van der Waals surface area (Å²) in [6, 6.07) is 18.1. The van der Waals surface area contributed by atoms with Crippen molar-refractivity contribution < 1.29 is 18.0 Å². The molecule has 1 aliphatic heterocycles. The standard InChI is InChI=1S/C32H32F3N5OS/c1-18(2)30(41)37-25-14-13-22(16-19(25)3)40-29(28(38-31(40)42)26-11-8-9-15-36-26)23-17-20(4)39(21(23)5)27-12-7-6-10-24(27)32(33,34)35/h6-18,28-29H,1-5H3,(H,37,41)(H,38,42)/t28-,29-/m0/s1. The van der Waals surface area contributed by atoms with Gasteiger partial charge in [0, 0.05) is 34.9 Å². The molecule has 4 aromatic rings. The number of amides is 1. The molecule has 2 N–H and O–H groups in total. The number of halogens is 3. The number of hydrogen-bond donors (Lipinski definition) is 2. The molecule has 0 saturated carbocycles. The van der Waals surface area contributed by atoms with E-state index in [2.05, 4.69) is 15.6 Å². The number of hydrogen-bond acceptors (Lipinski definition) is 3. The molecule has 1 saturated heterocycles. The van der Waals surface area contributed by atoms with Crippen molar-refractivity contribution in [3.8, 4) is 5.69 Å². The Bertz CT molecular complexity index is 1650. The quantitative estimate of drug-likeness (QED) is 0.226. The van der Waals surface area contributed by atoms with Crippen molar-refractivity contribution in [1.82, 2.24) is 14.9 Å². The Balaban J connectivity index is 1.65. The van der Waals surface area contributed by atoms with Crippen molar-refractivity contribution in [2.45, 2.75) is 52.9 Å². The van der Waals surface area contributed by atoms with E-state index < -0.39 is 17.8 Å². The summed E-state index contributed by atoms with van der Waals surface area (Å²) in [7, 11) is 0. The number of nitrogens with one attached hydrogen (secondary N) is 2. The molecular formula is C32H32F3N5OS. The zero-order valence-electron chi connectivity index (χ0n) is 24.0. The van der Waals surface area contributed by atoms with Gasteiger partial charge in [0.15, 0.2) is 5.11 Å². The van der Waals surface area contributed by atoms with E-state index in [1.807, 2.05) is 75.1 Å². The van der Waals surface area contributed by atoms with Crippen molar-refractivity contribution in [3.05, 3.63) is 107 Å². The van der Waals surface area contributed by atoms with Gasteiger partial charge in [-0.25, -0.2) is 0 Å². The van der Waals surface area contributed by atoms with Crippen LogP contribution in [0, 0.1) is 26.7 Å². The molecule has 1 fully saturated rings. The van der Waals surface area contributed by atoms with Crippen molar-refractivity contribution >= 4 is 34.6 Å². The Kier molecular flexibility index (Phi) is 7.85. The van der Waals surface area contributed by atoms with Crippen molar-refractivity contribution in [1.29, 1.82) is 0 Å². The van der Waals surface area contributed by atoms with Gasteiger partial charge in [0.05, 0.1) is 29.0 Å². The largest absolute Gasteiger partial charge is 0.418 e. The van der Waals surface area contributed by atoms with Crippen LogP contribution in [0.15, 0.2) is 72.9 Å². The van der Waals surface area contributed by atoms with Gasteiger partial charge in [-0.1, -0.05) is 32.0 Å². The number of anilines is 2. The van der Waals surface area contributed by atoms with Gasteiger partial charge in [0.1, 0.15) is 0 Å². The maximum Gasteiger partial charge on any atom is 0.418 e. The Morgan fingerprint density at radius 3 is 2.38 bits per heavy atom. The average Bonchev–Trinajstić information content (AvgIpc) is 3.44. The molecule has 6 nitrogen and oxygen atoms in total. The minimum Gasteiger partial charge on any atom is -0.351 e. The van der Waals surface area contributed by atoms with E-state index in [0.717, 1.165) is 28.6 Å². The van der Waals surface area contributed by atoms with Gasteiger partial charge in [-0.3, -0.25) is 9.78 Å². The Morgan fingerprint density at radius 2 is 1.74 bits per heavy atom. The molecule has 1 aliphatic rings. The van der Waals surface area contributed by atoms with Crippen LogP contribution in [0.4, 0.5) is 24.5 Å². The summed E-state index contributed by atoms with van der Waals surface area (Å²) in [4.78, 5) is 18.9. The lowest BCUT2D eigenvalue weighted by Gasteiger charge is -2.29. The van der Waals surface area contributed by atoms with E-state index in [-0.39, 0.29) is 23.6 Å². The molecule has 3 heterocycles. The fourth-order valence-electron chi connectivity index (χ4n) is 5.53. The van der Waals surface area contributed by atoms with Crippen LogP contribution in [-0.2, 0) is 11.0 Å². The molecule has 2 aromatic carbocycles. The summed E-state index contributed by atoms with van der Waals surface area (Å²) >= 11 is 5.86. The lowest BCUT2D eigenvalue weighted by molar-refractivity contribution is -0.137. The highest BCUT2D eigenvalue weighted by molar-refractivity contribution is 7.80. The van der Waals surface area contributed by atoms with E-state index in [1.165, 1.54) is 12.1 Å². The fourth-order valence-corrected chi connectivity index (χ4v) is 5.88. The summed E-state index contributed by atoms with van der Waals surface area (Å²) in [5.41, 5.74) is 4.63. The number of thiocarbonyl (C=S) groups is 1. The van der Waals surface area contributed by atoms with Crippen molar-refractivity contribution in [2.24, 2.45) is 5.92 Å². The predicted octanol–water partition coefficient (Wildman–Crippen LogP) is 7.59. The molecule has 0 radical (unpaired) electrons. The minimum atomic E-state index is -4.51. The third-order valence-electron chi connectivity index (χ3n) is 7.61. The van der Waals surface area contributed by atoms with Gasteiger partial charge in [0.2, 0.25) is 5.91 Å². The van der Waals surface area contributed by atoms with Crippen molar-refractivity contribution in [2.75, 3.05) is 10.2 Å². The molecule has 5 rings (SSSR count). The van der Waals surface area contributed by atoms with E-state index >= 15 is 0 Å². The first-order valence-electron chi connectivity index (χ1n) is 13.7. The molecule has 218 valence electrons. The molecule has 2 atom stereocenters. The van der Waals surface area contributed by atoms with Gasteiger partial charge in [0.25, 0.3) is 0 Å². The SMILES string of the molecule is Cc1cc(N2C(=S)N[C@@H](c3ccccn3)[C@@H]2c2cc(C)n(-c3ccccc3C(F)(F)F)c2C)ccc1NC(=O)C(C)C. The zero-order chi connectivity index (χ0) is 30.3. The number of alkyl halides is 3. The highest BCUT2D eigenvalue weighted by Gasteiger charge is 2.43. The second-order valence-electron chi connectivity index (χ2n) is 10.8. The number of carbonyl (C=O) groups is 1. The topological polar surface area (TPSA) is 62.2 Å². The lowest BCUT2D eigenvalue weighted by Crippen LogP contribution is -2.29.